The molecule has 1 aliphatic heterocycles. The van der Waals surface area contributed by atoms with Crippen molar-refractivity contribution in [1.29, 1.82) is 0 Å². The monoisotopic (exact) mass is 389 g/mol. The molecule has 3 rings (SSSR count). The number of halogens is 1. The number of rotatable bonds is 6. The molecule has 0 aliphatic carbocycles. The van der Waals surface area contributed by atoms with E-state index in [4.69, 9.17) is 9.47 Å². The van der Waals surface area contributed by atoms with Gasteiger partial charge < -0.3 is 9.47 Å². The van der Waals surface area contributed by atoms with Crippen molar-refractivity contribution in [3.8, 4) is 5.75 Å². The normalized spacial score (nSPS) is 18.5. The highest BCUT2D eigenvalue weighted by atomic mass is 79.9. The number of nitrogens with zero attached hydrogens (tertiary/aromatic N) is 1. The van der Waals surface area contributed by atoms with E-state index in [1.54, 1.807) is 0 Å². The number of hydrogen-bond donors (Lipinski definition) is 0. The van der Waals surface area contributed by atoms with Crippen LogP contribution in [0.5, 0.6) is 5.75 Å². The summed E-state index contributed by atoms with van der Waals surface area (Å²) >= 11 is 3.64. The average molecular weight is 390 g/mol. The molecule has 1 aliphatic rings. The van der Waals surface area contributed by atoms with Gasteiger partial charge in [-0.1, -0.05) is 43.3 Å². The molecule has 2 aromatic rings. The van der Waals surface area contributed by atoms with Crippen LogP contribution < -0.4 is 4.74 Å². The van der Waals surface area contributed by atoms with Crippen molar-refractivity contribution < 1.29 is 9.47 Å². The Balaban J connectivity index is 1.63. The van der Waals surface area contributed by atoms with Crippen LogP contribution in [0.25, 0.3) is 0 Å². The summed E-state index contributed by atoms with van der Waals surface area (Å²) in [6.45, 7) is 6.73. The van der Waals surface area contributed by atoms with Gasteiger partial charge in [-0.25, -0.2) is 0 Å². The Morgan fingerprint density at radius 2 is 2.04 bits per heavy atom. The maximum atomic E-state index is 5.96. The van der Waals surface area contributed by atoms with Crippen LogP contribution >= 0.6 is 15.9 Å². The van der Waals surface area contributed by atoms with Crippen molar-refractivity contribution in [3.63, 3.8) is 0 Å². The molecule has 1 fully saturated rings. The summed E-state index contributed by atoms with van der Waals surface area (Å²) in [6, 6.07) is 16.5. The predicted octanol–water partition coefficient (Wildman–Crippen LogP) is 4.81. The third-order valence-corrected chi connectivity index (χ3v) is 4.87. The van der Waals surface area contributed by atoms with Crippen LogP contribution in [-0.2, 0) is 11.3 Å². The Kier molecular flexibility index (Phi) is 6.30. The van der Waals surface area contributed by atoms with E-state index in [1.165, 1.54) is 17.5 Å². The Morgan fingerprint density at radius 1 is 1.21 bits per heavy atom. The fourth-order valence-corrected chi connectivity index (χ4v) is 3.50. The van der Waals surface area contributed by atoms with Crippen molar-refractivity contribution in [1.82, 2.24) is 4.90 Å². The van der Waals surface area contributed by atoms with E-state index >= 15 is 0 Å². The molecule has 3 nitrogen and oxygen atoms in total. The molecule has 0 amide bonds. The largest absolute Gasteiger partial charge is 0.488 e. The summed E-state index contributed by atoms with van der Waals surface area (Å²) in [4.78, 5) is 2.47. The van der Waals surface area contributed by atoms with Gasteiger partial charge in [0.25, 0.3) is 0 Å². The van der Waals surface area contributed by atoms with Gasteiger partial charge in [0.1, 0.15) is 12.4 Å². The summed E-state index contributed by atoms with van der Waals surface area (Å²) in [5, 5.41) is 0. The molecule has 0 radical (unpaired) electrons. The van der Waals surface area contributed by atoms with E-state index in [0.29, 0.717) is 6.61 Å². The summed E-state index contributed by atoms with van der Waals surface area (Å²) in [5.74, 6) is 0.865. The second-order valence-electron chi connectivity index (χ2n) is 6.12. The molecule has 24 heavy (non-hydrogen) atoms. The Bertz CT molecular complexity index is 645. The van der Waals surface area contributed by atoms with Gasteiger partial charge in [-0.2, -0.15) is 0 Å². The van der Waals surface area contributed by atoms with E-state index in [2.05, 4.69) is 52.0 Å². The highest BCUT2D eigenvalue weighted by molar-refractivity contribution is 9.10. The Morgan fingerprint density at radius 3 is 2.79 bits per heavy atom. The molecule has 2 aromatic carbocycles. The standard InChI is InChI=1S/C20H24BrNO2/c1-2-10-22-11-12-23-20(14-22)17-8-9-19(18(21)13-17)24-15-16-6-4-3-5-7-16/h3-9,13,20H,2,10-12,14-15H2,1H3. The van der Waals surface area contributed by atoms with E-state index in [-0.39, 0.29) is 6.10 Å². The third-order valence-electron chi connectivity index (χ3n) is 4.26. The molecule has 1 unspecified atom stereocenters. The van der Waals surface area contributed by atoms with Gasteiger partial charge in [-0.3, -0.25) is 4.90 Å². The van der Waals surface area contributed by atoms with E-state index in [1.807, 2.05) is 24.3 Å². The van der Waals surface area contributed by atoms with Gasteiger partial charge in [-0.15, -0.1) is 0 Å². The second-order valence-corrected chi connectivity index (χ2v) is 6.98. The van der Waals surface area contributed by atoms with E-state index in [0.717, 1.165) is 36.5 Å². The first-order chi connectivity index (χ1) is 11.8. The number of hydrogen-bond acceptors (Lipinski definition) is 3. The van der Waals surface area contributed by atoms with Crippen molar-refractivity contribution in [2.45, 2.75) is 26.1 Å². The lowest BCUT2D eigenvalue weighted by molar-refractivity contribution is -0.0299. The van der Waals surface area contributed by atoms with Crippen LogP contribution in [-0.4, -0.2) is 31.1 Å². The molecule has 0 bridgehead atoms. The molecule has 1 saturated heterocycles. The maximum absolute atomic E-state index is 5.96. The first-order valence-electron chi connectivity index (χ1n) is 8.56. The minimum atomic E-state index is 0.143. The predicted molar refractivity (Wildman–Crippen MR) is 100 cm³/mol. The first kappa shape index (κ1) is 17.5. The zero-order chi connectivity index (χ0) is 16.8. The lowest BCUT2D eigenvalue weighted by Crippen LogP contribution is -2.38. The zero-order valence-corrected chi connectivity index (χ0v) is 15.7. The van der Waals surface area contributed by atoms with E-state index in [9.17, 15) is 0 Å². The second kappa shape index (κ2) is 8.65. The summed E-state index contributed by atoms with van der Waals surface area (Å²) in [6.07, 6.45) is 1.33. The third kappa shape index (κ3) is 4.59. The van der Waals surface area contributed by atoms with Gasteiger partial charge in [0, 0.05) is 13.1 Å². The fraction of sp³-hybridized carbons (Fsp3) is 0.400. The molecule has 4 heteroatoms. The molecule has 1 heterocycles. The lowest BCUT2D eigenvalue weighted by atomic mass is 10.1. The van der Waals surface area contributed by atoms with Gasteiger partial charge in [-0.05, 0) is 52.2 Å². The molecular formula is C20H24BrNO2. The molecule has 128 valence electrons. The van der Waals surface area contributed by atoms with Crippen molar-refractivity contribution >= 4 is 15.9 Å². The number of benzene rings is 2. The molecule has 0 aromatic heterocycles. The van der Waals surface area contributed by atoms with Gasteiger partial charge in [0.2, 0.25) is 0 Å². The number of morpholine rings is 1. The quantitative estimate of drug-likeness (QED) is 0.707. The van der Waals surface area contributed by atoms with Crippen molar-refractivity contribution in [2.24, 2.45) is 0 Å². The van der Waals surface area contributed by atoms with Crippen LogP contribution in [0.2, 0.25) is 0 Å². The molecular weight excluding hydrogens is 366 g/mol. The topological polar surface area (TPSA) is 21.7 Å². The Hall–Kier alpha value is -1.36. The summed E-state index contributed by atoms with van der Waals surface area (Å²) in [5.41, 5.74) is 2.37. The minimum Gasteiger partial charge on any atom is -0.488 e. The van der Waals surface area contributed by atoms with Crippen LogP contribution in [0.3, 0.4) is 0 Å². The first-order valence-corrected chi connectivity index (χ1v) is 9.35. The molecule has 1 atom stereocenters. The average Bonchev–Trinajstić information content (AvgIpc) is 2.62. The highest BCUT2D eigenvalue weighted by Crippen LogP contribution is 2.31. The lowest BCUT2D eigenvalue weighted by Gasteiger charge is -2.33. The van der Waals surface area contributed by atoms with Crippen LogP contribution in [0.4, 0.5) is 0 Å². The highest BCUT2D eigenvalue weighted by Gasteiger charge is 2.22. The smallest absolute Gasteiger partial charge is 0.134 e. The van der Waals surface area contributed by atoms with Gasteiger partial charge in [0.05, 0.1) is 17.2 Å². The van der Waals surface area contributed by atoms with Gasteiger partial charge in [0.15, 0.2) is 0 Å². The molecule has 0 saturated carbocycles. The SMILES string of the molecule is CCCN1CCOC(c2ccc(OCc3ccccc3)c(Br)c2)C1. The Labute approximate surface area is 152 Å². The van der Waals surface area contributed by atoms with Crippen molar-refractivity contribution in [3.05, 3.63) is 64.1 Å². The zero-order valence-electron chi connectivity index (χ0n) is 14.1. The molecule has 0 spiro atoms. The maximum Gasteiger partial charge on any atom is 0.134 e. The molecule has 0 N–H and O–H groups in total. The summed E-state index contributed by atoms with van der Waals surface area (Å²) in [7, 11) is 0. The fourth-order valence-electron chi connectivity index (χ4n) is 2.99. The van der Waals surface area contributed by atoms with E-state index < -0.39 is 0 Å². The van der Waals surface area contributed by atoms with Crippen molar-refractivity contribution in [2.75, 3.05) is 26.2 Å². The summed E-state index contributed by atoms with van der Waals surface area (Å²) < 4.78 is 12.9. The number of ether oxygens (including phenoxy) is 2. The van der Waals surface area contributed by atoms with Gasteiger partial charge >= 0.3 is 0 Å². The van der Waals surface area contributed by atoms with Crippen LogP contribution in [0.1, 0.15) is 30.6 Å². The van der Waals surface area contributed by atoms with Crippen LogP contribution in [0.15, 0.2) is 53.0 Å². The van der Waals surface area contributed by atoms with Crippen LogP contribution in [0, 0.1) is 0 Å². The minimum absolute atomic E-state index is 0.143.